The Hall–Kier alpha value is -1.81. The molecular formula is C18H20ClN3O. The molecule has 2 aliphatic rings. The number of rotatable bonds is 3. The van der Waals surface area contributed by atoms with Crippen LogP contribution >= 0.6 is 11.6 Å². The molecule has 4 rings (SSSR count). The molecule has 0 spiro atoms. The average Bonchev–Trinajstić information content (AvgIpc) is 3.16. The topological polar surface area (TPSA) is 38.1 Å². The van der Waals surface area contributed by atoms with Crippen molar-refractivity contribution in [3.05, 3.63) is 53.3 Å². The highest BCUT2D eigenvalue weighted by Crippen LogP contribution is 2.41. The normalized spacial score (nSPS) is 26.5. The van der Waals surface area contributed by atoms with Crippen molar-refractivity contribution in [1.29, 1.82) is 0 Å². The van der Waals surface area contributed by atoms with Crippen molar-refractivity contribution in [2.75, 3.05) is 0 Å². The van der Waals surface area contributed by atoms with Gasteiger partial charge in [-0.15, -0.1) is 0 Å². The average molecular weight is 330 g/mol. The maximum atomic E-state index is 12.8. The number of nitrogens with zero attached hydrogens (tertiary/aromatic N) is 3. The zero-order valence-corrected chi connectivity index (χ0v) is 13.7. The zero-order chi connectivity index (χ0) is 15.8. The fourth-order valence-corrected chi connectivity index (χ4v) is 4.37. The van der Waals surface area contributed by atoms with Gasteiger partial charge >= 0.3 is 0 Å². The van der Waals surface area contributed by atoms with Crippen LogP contribution in [0.3, 0.4) is 0 Å². The summed E-state index contributed by atoms with van der Waals surface area (Å²) in [5.41, 5.74) is 0.924. The van der Waals surface area contributed by atoms with E-state index in [1.54, 1.807) is 0 Å². The number of fused-ring (bicyclic) bond motifs is 2. The molecule has 2 unspecified atom stereocenters. The van der Waals surface area contributed by atoms with Crippen molar-refractivity contribution in [3.8, 4) is 0 Å². The van der Waals surface area contributed by atoms with Crippen LogP contribution in [0.25, 0.3) is 0 Å². The van der Waals surface area contributed by atoms with Crippen molar-refractivity contribution in [2.45, 2.75) is 50.2 Å². The van der Waals surface area contributed by atoms with E-state index in [0.717, 1.165) is 31.2 Å². The Morgan fingerprint density at radius 3 is 2.52 bits per heavy atom. The number of hydrogen-bond donors (Lipinski definition) is 0. The fourth-order valence-electron chi connectivity index (χ4n) is 4.16. The van der Waals surface area contributed by atoms with Crippen LogP contribution < -0.4 is 0 Å². The van der Waals surface area contributed by atoms with E-state index in [9.17, 15) is 4.79 Å². The standard InChI is InChI=1S/C18H20ClN3O/c19-17-5-2-1-4-13(17)10-18(23)22-14-6-7-15(22)12-16(11-14)21-9-3-8-20-21/h1-5,8-9,14-16H,6-7,10-12H2. The lowest BCUT2D eigenvalue weighted by molar-refractivity contribution is -0.135. The van der Waals surface area contributed by atoms with E-state index in [1.165, 1.54) is 0 Å². The summed E-state index contributed by atoms with van der Waals surface area (Å²) in [6.45, 7) is 0. The highest BCUT2D eigenvalue weighted by atomic mass is 35.5. The summed E-state index contributed by atoms with van der Waals surface area (Å²) < 4.78 is 2.06. The maximum Gasteiger partial charge on any atom is 0.227 e. The lowest BCUT2D eigenvalue weighted by atomic mass is 9.96. The Morgan fingerprint density at radius 1 is 1.13 bits per heavy atom. The molecule has 4 nitrogen and oxygen atoms in total. The number of piperidine rings is 1. The van der Waals surface area contributed by atoms with Crippen LogP contribution in [0.1, 0.15) is 37.3 Å². The predicted molar refractivity (Wildman–Crippen MR) is 89.3 cm³/mol. The molecular weight excluding hydrogens is 310 g/mol. The highest BCUT2D eigenvalue weighted by Gasteiger charge is 2.43. The smallest absolute Gasteiger partial charge is 0.227 e. The Bertz CT molecular complexity index is 686. The second-order valence-corrected chi connectivity index (χ2v) is 6.97. The Labute approximate surface area is 141 Å². The fraction of sp³-hybridized carbons (Fsp3) is 0.444. The maximum absolute atomic E-state index is 12.8. The highest BCUT2D eigenvalue weighted by molar-refractivity contribution is 6.31. The van der Waals surface area contributed by atoms with Gasteiger partial charge in [-0.2, -0.15) is 5.10 Å². The molecule has 1 amide bonds. The zero-order valence-electron chi connectivity index (χ0n) is 12.9. The number of halogens is 1. The number of carbonyl (C=O) groups is 1. The van der Waals surface area contributed by atoms with Crippen molar-refractivity contribution in [1.82, 2.24) is 14.7 Å². The van der Waals surface area contributed by atoms with E-state index >= 15 is 0 Å². The van der Waals surface area contributed by atoms with Gasteiger partial charge in [0.1, 0.15) is 0 Å². The van der Waals surface area contributed by atoms with Gasteiger partial charge in [0, 0.05) is 29.5 Å². The molecule has 3 heterocycles. The molecule has 1 aromatic heterocycles. The third-order valence-electron chi connectivity index (χ3n) is 5.19. The SMILES string of the molecule is O=C(Cc1ccccc1Cl)N1C2CCC1CC(n1cccn1)C2. The van der Waals surface area contributed by atoms with E-state index in [0.29, 0.717) is 29.6 Å². The molecule has 0 radical (unpaired) electrons. The minimum absolute atomic E-state index is 0.213. The summed E-state index contributed by atoms with van der Waals surface area (Å²) in [7, 11) is 0. The van der Waals surface area contributed by atoms with Gasteiger partial charge < -0.3 is 4.90 Å². The third kappa shape index (κ3) is 2.76. The van der Waals surface area contributed by atoms with Crippen molar-refractivity contribution in [2.24, 2.45) is 0 Å². The molecule has 1 aromatic carbocycles. The van der Waals surface area contributed by atoms with E-state index < -0.39 is 0 Å². The summed E-state index contributed by atoms with van der Waals surface area (Å²) >= 11 is 6.20. The van der Waals surface area contributed by atoms with E-state index in [1.807, 2.05) is 42.7 Å². The van der Waals surface area contributed by atoms with Gasteiger partial charge in [-0.05, 0) is 43.4 Å². The Kier molecular flexibility index (Phi) is 3.85. The molecule has 2 atom stereocenters. The Morgan fingerprint density at radius 2 is 1.87 bits per heavy atom. The van der Waals surface area contributed by atoms with Gasteiger partial charge in [0.25, 0.3) is 0 Å². The third-order valence-corrected chi connectivity index (χ3v) is 5.56. The lowest BCUT2D eigenvalue weighted by Gasteiger charge is -2.39. The Balaban J connectivity index is 1.48. The second-order valence-electron chi connectivity index (χ2n) is 6.57. The summed E-state index contributed by atoms with van der Waals surface area (Å²) in [6, 6.07) is 10.7. The first-order chi connectivity index (χ1) is 11.2. The molecule has 2 bridgehead atoms. The number of amides is 1. The lowest BCUT2D eigenvalue weighted by Crippen LogP contribution is -2.47. The molecule has 2 fully saturated rings. The summed E-state index contributed by atoms with van der Waals surface area (Å²) in [4.78, 5) is 14.9. The van der Waals surface area contributed by atoms with Crippen LogP contribution in [-0.4, -0.2) is 32.7 Å². The molecule has 2 saturated heterocycles. The van der Waals surface area contributed by atoms with Crippen molar-refractivity contribution < 1.29 is 4.79 Å². The first kappa shape index (κ1) is 14.8. The van der Waals surface area contributed by atoms with Gasteiger partial charge in [0.05, 0.1) is 12.5 Å². The quantitative estimate of drug-likeness (QED) is 0.864. The monoisotopic (exact) mass is 329 g/mol. The van der Waals surface area contributed by atoms with E-state index in [2.05, 4.69) is 14.7 Å². The van der Waals surface area contributed by atoms with Crippen LogP contribution in [0.5, 0.6) is 0 Å². The van der Waals surface area contributed by atoms with Gasteiger partial charge in [-0.1, -0.05) is 29.8 Å². The molecule has 0 aliphatic carbocycles. The van der Waals surface area contributed by atoms with E-state index in [4.69, 9.17) is 11.6 Å². The molecule has 120 valence electrons. The van der Waals surface area contributed by atoms with Gasteiger partial charge in [0.15, 0.2) is 0 Å². The number of aromatic nitrogens is 2. The number of carbonyl (C=O) groups excluding carboxylic acids is 1. The molecule has 2 aromatic rings. The van der Waals surface area contributed by atoms with Gasteiger partial charge in [-0.25, -0.2) is 0 Å². The molecule has 23 heavy (non-hydrogen) atoms. The van der Waals surface area contributed by atoms with Crippen LogP contribution in [0, 0.1) is 0 Å². The molecule has 5 heteroatoms. The van der Waals surface area contributed by atoms with Crippen molar-refractivity contribution >= 4 is 17.5 Å². The minimum Gasteiger partial charge on any atom is -0.336 e. The van der Waals surface area contributed by atoms with Gasteiger partial charge in [0.2, 0.25) is 5.91 Å². The number of benzene rings is 1. The largest absolute Gasteiger partial charge is 0.336 e. The van der Waals surface area contributed by atoms with Crippen LogP contribution in [0.2, 0.25) is 5.02 Å². The van der Waals surface area contributed by atoms with Crippen LogP contribution in [-0.2, 0) is 11.2 Å². The minimum atomic E-state index is 0.213. The first-order valence-electron chi connectivity index (χ1n) is 8.26. The summed E-state index contributed by atoms with van der Waals surface area (Å²) in [5, 5.41) is 5.06. The van der Waals surface area contributed by atoms with Crippen LogP contribution in [0.4, 0.5) is 0 Å². The summed E-state index contributed by atoms with van der Waals surface area (Å²) in [5.74, 6) is 0.213. The van der Waals surface area contributed by atoms with Crippen LogP contribution in [0.15, 0.2) is 42.7 Å². The van der Waals surface area contributed by atoms with Crippen molar-refractivity contribution in [3.63, 3.8) is 0 Å². The second kappa shape index (κ2) is 6.00. The molecule has 2 aliphatic heterocycles. The first-order valence-corrected chi connectivity index (χ1v) is 8.64. The molecule has 0 N–H and O–H groups in total. The predicted octanol–water partition coefficient (Wildman–Crippen LogP) is 3.47. The molecule has 0 saturated carbocycles. The van der Waals surface area contributed by atoms with Gasteiger partial charge in [-0.3, -0.25) is 9.48 Å². The summed E-state index contributed by atoms with van der Waals surface area (Å²) in [6.07, 6.45) is 8.49. The number of hydrogen-bond acceptors (Lipinski definition) is 2. The van der Waals surface area contributed by atoms with E-state index in [-0.39, 0.29) is 5.91 Å².